The SMILES string of the molecule is Cc1c(CN)cncc1OC(F)(F)F. The molecule has 0 aliphatic carbocycles. The van der Waals surface area contributed by atoms with Gasteiger partial charge in [0.15, 0.2) is 5.75 Å². The maximum Gasteiger partial charge on any atom is 0.573 e. The van der Waals surface area contributed by atoms with Crippen molar-refractivity contribution in [3.8, 4) is 5.75 Å². The topological polar surface area (TPSA) is 48.1 Å². The molecule has 1 heterocycles. The Hall–Kier alpha value is -1.30. The molecule has 0 aliphatic heterocycles. The summed E-state index contributed by atoms with van der Waals surface area (Å²) in [6.07, 6.45) is -2.26. The Morgan fingerprint density at radius 1 is 1.43 bits per heavy atom. The number of nitrogens with two attached hydrogens (primary N) is 1. The Morgan fingerprint density at radius 3 is 2.57 bits per heavy atom. The molecule has 1 rings (SSSR count). The van der Waals surface area contributed by atoms with E-state index in [1.165, 1.54) is 13.1 Å². The Morgan fingerprint density at radius 2 is 2.07 bits per heavy atom. The van der Waals surface area contributed by atoms with E-state index in [-0.39, 0.29) is 12.3 Å². The molecule has 78 valence electrons. The van der Waals surface area contributed by atoms with Crippen molar-refractivity contribution in [2.75, 3.05) is 0 Å². The van der Waals surface area contributed by atoms with Gasteiger partial charge in [-0.05, 0) is 18.1 Å². The minimum absolute atomic E-state index is 0.133. The summed E-state index contributed by atoms with van der Waals surface area (Å²) in [5.41, 5.74) is 6.20. The third-order valence-electron chi connectivity index (χ3n) is 1.72. The molecule has 0 fully saturated rings. The van der Waals surface area contributed by atoms with Crippen LogP contribution in [0.1, 0.15) is 11.1 Å². The summed E-state index contributed by atoms with van der Waals surface area (Å²) in [6, 6.07) is 0. The summed E-state index contributed by atoms with van der Waals surface area (Å²) in [4.78, 5) is 3.60. The van der Waals surface area contributed by atoms with Gasteiger partial charge in [-0.3, -0.25) is 4.98 Å². The highest BCUT2D eigenvalue weighted by Gasteiger charge is 2.32. The molecule has 1 aromatic heterocycles. The fraction of sp³-hybridized carbons (Fsp3) is 0.375. The molecule has 0 aromatic carbocycles. The molecule has 6 heteroatoms. The third kappa shape index (κ3) is 2.59. The number of pyridine rings is 1. The van der Waals surface area contributed by atoms with E-state index >= 15 is 0 Å². The van der Waals surface area contributed by atoms with Gasteiger partial charge in [0, 0.05) is 12.7 Å². The first kappa shape index (κ1) is 10.8. The molecular weight excluding hydrogens is 197 g/mol. The molecule has 0 saturated heterocycles. The molecule has 0 amide bonds. The number of halogens is 3. The Labute approximate surface area is 78.7 Å². The third-order valence-corrected chi connectivity index (χ3v) is 1.72. The maximum atomic E-state index is 11.9. The lowest BCUT2D eigenvalue weighted by atomic mass is 10.1. The highest BCUT2D eigenvalue weighted by molar-refractivity contribution is 5.35. The second-order valence-electron chi connectivity index (χ2n) is 2.67. The zero-order chi connectivity index (χ0) is 10.8. The van der Waals surface area contributed by atoms with E-state index in [1.54, 1.807) is 0 Å². The number of nitrogens with zero attached hydrogens (tertiary/aromatic N) is 1. The van der Waals surface area contributed by atoms with Crippen LogP contribution >= 0.6 is 0 Å². The molecule has 3 nitrogen and oxygen atoms in total. The average Bonchev–Trinajstić information content (AvgIpc) is 2.06. The van der Waals surface area contributed by atoms with Gasteiger partial charge < -0.3 is 10.5 Å². The molecule has 0 aliphatic rings. The van der Waals surface area contributed by atoms with E-state index in [0.717, 1.165) is 6.20 Å². The van der Waals surface area contributed by atoms with Crippen molar-refractivity contribution >= 4 is 0 Å². The predicted molar refractivity (Wildman–Crippen MR) is 43.5 cm³/mol. The van der Waals surface area contributed by atoms with Crippen molar-refractivity contribution in [3.63, 3.8) is 0 Å². The first-order valence-corrected chi connectivity index (χ1v) is 3.83. The van der Waals surface area contributed by atoms with E-state index in [9.17, 15) is 13.2 Å². The number of hydrogen-bond acceptors (Lipinski definition) is 3. The normalized spacial score (nSPS) is 11.5. The molecule has 1 aromatic rings. The molecule has 0 bridgehead atoms. The molecule has 0 radical (unpaired) electrons. The lowest BCUT2D eigenvalue weighted by Gasteiger charge is -2.12. The van der Waals surface area contributed by atoms with Crippen LogP contribution in [0.15, 0.2) is 12.4 Å². The summed E-state index contributed by atoms with van der Waals surface area (Å²) in [7, 11) is 0. The van der Waals surface area contributed by atoms with Crippen molar-refractivity contribution in [1.29, 1.82) is 0 Å². The summed E-state index contributed by atoms with van der Waals surface area (Å²) >= 11 is 0. The van der Waals surface area contributed by atoms with Crippen LogP contribution in [0.4, 0.5) is 13.2 Å². The molecular formula is C8H9F3N2O. The lowest BCUT2D eigenvalue weighted by Crippen LogP contribution is -2.18. The molecule has 2 N–H and O–H groups in total. The number of rotatable bonds is 2. The van der Waals surface area contributed by atoms with Gasteiger partial charge in [-0.15, -0.1) is 13.2 Å². The predicted octanol–water partition coefficient (Wildman–Crippen LogP) is 1.75. The van der Waals surface area contributed by atoms with Gasteiger partial charge in [-0.1, -0.05) is 0 Å². The van der Waals surface area contributed by atoms with E-state index < -0.39 is 6.36 Å². The monoisotopic (exact) mass is 206 g/mol. The van der Waals surface area contributed by atoms with Crippen molar-refractivity contribution < 1.29 is 17.9 Å². The van der Waals surface area contributed by atoms with E-state index in [2.05, 4.69) is 9.72 Å². The first-order valence-electron chi connectivity index (χ1n) is 3.83. The molecule has 0 unspecified atom stereocenters. The summed E-state index contributed by atoms with van der Waals surface area (Å²) < 4.78 is 39.4. The number of ether oxygens (including phenoxy) is 1. The van der Waals surface area contributed by atoms with Gasteiger partial charge in [0.2, 0.25) is 0 Å². The van der Waals surface area contributed by atoms with Gasteiger partial charge in [0.05, 0.1) is 6.20 Å². The molecule has 0 spiro atoms. The highest BCUT2D eigenvalue weighted by Crippen LogP contribution is 2.26. The van der Waals surface area contributed by atoms with Crippen LogP contribution in [0.3, 0.4) is 0 Å². The number of aromatic nitrogens is 1. The molecule has 14 heavy (non-hydrogen) atoms. The summed E-state index contributed by atoms with van der Waals surface area (Å²) in [5.74, 6) is -0.305. The quantitative estimate of drug-likeness (QED) is 0.801. The Balaban J connectivity index is 2.98. The fourth-order valence-corrected chi connectivity index (χ4v) is 0.980. The van der Waals surface area contributed by atoms with Gasteiger partial charge in [0.25, 0.3) is 0 Å². The van der Waals surface area contributed by atoms with Crippen molar-refractivity contribution in [2.45, 2.75) is 19.8 Å². The zero-order valence-corrected chi connectivity index (χ0v) is 7.43. The van der Waals surface area contributed by atoms with Gasteiger partial charge in [-0.25, -0.2) is 0 Å². The van der Waals surface area contributed by atoms with Crippen LogP contribution in [0.25, 0.3) is 0 Å². The van der Waals surface area contributed by atoms with Crippen molar-refractivity contribution in [1.82, 2.24) is 4.98 Å². The number of hydrogen-bond donors (Lipinski definition) is 1. The zero-order valence-electron chi connectivity index (χ0n) is 7.43. The summed E-state index contributed by atoms with van der Waals surface area (Å²) in [6.45, 7) is 1.64. The van der Waals surface area contributed by atoms with E-state index in [0.29, 0.717) is 11.1 Å². The second-order valence-corrected chi connectivity index (χ2v) is 2.67. The Bertz CT molecular complexity index is 325. The first-order chi connectivity index (χ1) is 6.44. The smallest absolute Gasteiger partial charge is 0.404 e. The minimum atomic E-state index is -4.69. The van der Waals surface area contributed by atoms with Crippen LogP contribution in [-0.4, -0.2) is 11.3 Å². The van der Waals surface area contributed by atoms with Crippen LogP contribution in [0, 0.1) is 6.92 Å². The van der Waals surface area contributed by atoms with E-state index in [1.807, 2.05) is 0 Å². The van der Waals surface area contributed by atoms with Crippen LogP contribution in [0.5, 0.6) is 5.75 Å². The van der Waals surface area contributed by atoms with Crippen molar-refractivity contribution in [3.05, 3.63) is 23.5 Å². The van der Waals surface area contributed by atoms with Crippen LogP contribution in [0.2, 0.25) is 0 Å². The Kier molecular flexibility index (Phi) is 2.95. The fourth-order valence-electron chi connectivity index (χ4n) is 0.980. The van der Waals surface area contributed by atoms with Crippen LogP contribution in [-0.2, 0) is 6.54 Å². The second kappa shape index (κ2) is 3.83. The standard InChI is InChI=1S/C8H9F3N2O/c1-5-6(2-12)3-13-4-7(5)14-8(9,10)11/h3-4H,2,12H2,1H3. The van der Waals surface area contributed by atoms with Gasteiger partial charge >= 0.3 is 6.36 Å². The highest BCUT2D eigenvalue weighted by atomic mass is 19.4. The molecule has 0 atom stereocenters. The molecule has 0 saturated carbocycles. The number of alkyl halides is 3. The lowest BCUT2D eigenvalue weighted by molar-refractivity contribution is -0.275. The maximum absolute atomic E-state index is 11.9. The van der Waals surface area contributed by atoms with Gasteiger partial charge in [0.1, 0.15) is 0 Å². The summed E-state index contributed by atoms with van der Waals surface area (Å²) in [5, 5.41) is 0. The van der Waals surface area contributed by atoms with E-state index in [4.69, 9.17) is 5.73 Å². The van der Waals surface area contributed by atoms with Gasteiger partial charge in [-0.2, -0.15) is 0 Å². The average molecular weight is 206 g/mol. The van der Waals surface area contributed by atoms with Crippen molar-refractivity contribution in [2.24, 2.45) is 5.73 Å². The largest absolute Gasteiger partial charge is 0.573 e. The minimum Gasteiger partial charge on any atom is -0.404 e. The van der Waals surface area contributed by atoms with Crippen LogP contribution < -0.4 is 10.5 Å².